The van der Waals surface area contributed by atoms with E-state index in [0.29, 0.717) is 37.5 Å². The van der Waals surface area contributed by atoms with Crippen molar-refractivity contribution in [3.63, 3.8) is 0 Å². The lowest BCUT2D eigenvalue weighted by Gasteiger charge is -2.59. The molecule has 2 N–H and O–H groups in total. The molecule has 238 valence electrons. The van der Waals surface area contributed by atoms with E-state index in [-0.39, 0.29) is 35.9 Å². The lowest BCUT2D eigenvalue weighted by molar-refractivity contribution is -0.191. The third kappa shape index (κ3) is 6.03. The number of aliphatic carboxylic acids is 1. The van der Waals surface area contributed by atoms with Gasteiger partial charge in [0.2, 0.25) is 11.7 Å². The van der Waals surface area contributed by atoms with E-state index in [4.69, 9.17) is 9.47 Å². The normalized spacial score (nSPS) is 34.4. The molecule has 4 aliphatic carbocycles. The topological polar surface area (TPSA) is 153 Å². The summed E-state index contributed by atoms with van der Waals surface area (Å²) >= 11 is 0. The summed E-state index contributed by atoms with van der Waals surface area (Å²) in [7, 11) is 0. The van der Waals surface area contributed by atoms with Gasteiger partial charge in [-0.05, 0) is 80.1 Å². The quantitative estimate of drug-likeness (QED) is 0.330. The number of Topliss-reactive ketones (excluding diaryl/α,β-unsaturated/α-hetero) is 1. The Labute approximate surface area is 253 Å². The first kappa shape index (κ1) is 32.9. The standard InChI is InChI=1S/C33H47NO9/c1-6-19(2)29(30(40)41)34-27(38)9-10-28(39)42-18-26(37)33(43-20(3)35)16-13-25-23-8-7-21-17-22(36)11-14-31(21,4)24(23)12-15-32(25,33)5/h17,19,23-25,29H,6-16,18H2,1-5H3,(H,34,38)(H,40,41)/t19-,23-,24+,25+,29-,31+,32+,33+/m1/s1. The summed E-state index contributed by atoms with van der Waals surface area (Å²) in [6, 6.07) is -1.06. The number of amides is 1. The number of rotatable bonds is 11. The van der Waals surface area contributed by atoms with Crippen LogP contribution in [0.3, 0.4) is 0 Å². The minimum absolute atomic E-state index is 0.0320. The van der Waals surface area contributed by atoms with E-state index in [1.807, 2.05) is 19.9 Å². The molecule has 0 heterocycles. The zero-order valence-electron chi connectivity index (χ0n) is 26.2. The van der Waals surface area contributed by atoms with Gasteiger partial charge in [-0.15, -0.1) is 0 Å². The van der Waals surface area contributed by atoms with Crippen molar-refractivity contribution in [2.24, 2.45) is 34.5 Å². The molecule has 0 aromatic rings. The number of hydrogen-bond acceptors (Lipinski definition) is 8. The number of ether oxygens (including phenoxy) is 2. The van der Waals surface area contributed by atoms with Crippen LogP contribution in [0.5, 0.6) is 0 Å². The van der Waals surface area contributed by atoms with Crippen molar-refractivity contribution in [3.8, 4) is 0 Å². The molecular formula is C33H47NO9. The lowest BCUT2D eigenvalue weighted by Crippen LogP contribution is -2.59. The number of carboxylic acids is 1. The monoisotopic (exact) mass is 601 g/mol. The van der Waals surface area contributed by atoms with Crippen LogP contribution in [0.15, 0.2) is 11.6 Å². The molecule has 0 aromatic heterocycles. The molecule has 3 saturated carbocycles. The van der Waals surface area contributed by atoms with E-state index >= 15 is 0 Å². The number of fused-ring (bicyclic) bond motifs is 5. The molecule has 0 spiro atoms. The second kappa shape index (κ2) is 12.5. The smallest absolute Gasteiger partial charge is 0.326 e. The zero-order chi connectivity index (χ0) is 31.7. The average molecular weight is 602 g/mol. The van der Waals surface area contributed by atoms with Gasteiger partial charge in [0.25, 0.3) is 0 Å². The summed E-state index contributed by atoms with van der Waals surface area (Å²) in [5.74, 6) is -2.68. The number of allylic oxidation sites excluding steroid dienone is 1. The summed E-state index contributed by atoms with van der Waals surface area (Å²) < 4.78 is 11.2. The highest BCUT2D eigenvalue weighted by atomic mass is 16.6. The molecule has 0 saturated heterocycles. The van der Waals surface area contributed by atoms with Gasteiger partial charge >= 0.3 is 17.9 Å². The van der Waals surface area contributed by atoms with Crippen LogP contribution in [-0.4, -0.2) is 58.7 Å². The van der Waals surface area contributed by atoms with Gasteiger partial charge in [-0.3, -0.25) is 24.0 Å². The van der Waals surface area contributed by atoms with Crippen molar-refractivity contribution >= 4 is 35.4 Å². The first-order valence-electron chi connectivity index (χ1n) is 15.8. The predicted octanol–water partition coefficient (Wildman–Crippen LogP) is 4.33. The van der Waals surface area contributed by atoms with E-state index < -0.39 is 53.3 Å². The number of carbonyl (C=O) groups is 6. The van der Waals surface area contributed by atoms with Crippen molar-refractivity contribution in [3.05, 3.63) is 11.6 Å². The van der Waals surface area contributed by atoms with E-state index in [1.54, 1.807) is 6.92 Å². The molecule has 0 aromatic carbocycles. The van der Waals surface area contributed by atoms with Crippen molar-refractivity contribution in [2.75, 3.05) is 6.61 Å². The largest absolute Gasteiger partial charge is 0.480 e. The Bertz CT molecular complexity index is 1210. The van der Waals surface area contributed by atoms with Crippen molar-refractivity contribution < 1.29 is 43.3 Å². The van der Waals surface area contributed by atoms with Crippen LogP contribution in [0, 0.1) is 34.5 Å². The van der Waals surface area contributed by atoms with Crippen molar-refractivity contribution in [2.45, 2.75) is 117 Å². The number of hydrogen-bond donors (Lipinski definition) is 2. The molecule has 0 unspecified atom stereocenters. The third-order valence-corrected chi connectivity index (χ3v) is 11.6. The fourth-order valence-corrected chi connectivity index (χ4v) is 8.96. The zero-order valence-corrected chi connectivity index (χ0v) is 26.2. The highest BCUT2D eigenvalue weighted by Gasteiger charge is 2.68. The molecule has 0 bridgehead atoms. The van der Waals surface area contributed by atoms with Gasteiger partial charge in [0.05, 0.1) is 6.42 Å². The van der Waals surface area contributed by atoms with Crippen LogP contribution < -0.4 is 5.32 Å². The molecule has 10 nitrogen and oxygen atoms in total. The molecular weight excluding hydrogens is 554 g/mol. The van der Waals surface area contributed by atoms with Crippen molar-refractivity contribution in [1.82, 2.24) is 5.32 Å². The Kier molecular flexibility index (Phi) is 9.57. The van der Waals surface area contributed by atoms with Crippen LogP contribution in [0.2, 0.25) is 0 Å². The first-order valence-corrected chi connectivity index (χ1v) is 15.8. The van der Waals surface area contributed by atoms with Gasteiger partial charge in [0.15, 0.2) is 18.0 Å². The van der Waals surface area contributed by atoms with E-state index in [2.05, 4.69) is 12.2 Å². The Morgan fingerprint density at radius 3 is 2.37 bits per heavy atom. The predicted molar refractivity (Wildman–Crippen MR) is 155 cm³/mol. The van der Waals surface area contributed by atoms with Gasteiger partial charge in [0, 0.05) is 25.2 Å². The number of ketones is 2. The molecule has 8 atom stereocenters. The summed E-state index contributed by atoms with van der Waals surface area (Å²) in [5, 5.41) is 11.8. The maximum absolute atomic E-state index is 13.9. The Morgan fingerprint density at radius 1 is 1.02 bits per heavy atom. The molecule has 3 fully saturated rings. The molecule has 1 amide bonds. The second-order valence-corrected chi connectivity index (χ2v) is 13.7. The van der Waals surface area contributed by atoms with Crippen LogP contribution >= 0.6 is 0 Å². The first-order chi connectivity index (χ1) is 20.2. The minimum Gasteiger partial charge on any atom is -0.480 e. The number of carbonyl (C=O) groups excluding carboxylic acids is 5. The van der Waals surface area contributed by atoms with Gasteiger partial charge < -0.3 is 19.9 Å². The van der Waals surface area contributed by atoms with Gasteiger partial charge in [-0.1, -0.05) is 39.7 Å². The van der Waals surface area contributed by atoms with E-state index in [0.717, 1.165) is 32.1 Å². The lowest BCUT2D eigenvalue weighted by atomic mass is 9.46. The summed E-state index contributed by atoms with van der Waals surface area (Å²) in [5.41, 5.74) is -0.799. The van der Waals surface area contributed by atoms with Gasteiger partial charge in [0.1, 0.15) is 6.04 Å². The fourth-order valence-electron chi connectivity index (χ4n) is 8.96. The average Bonchev–Trinajstić information content (AvgIpc) is 3.25. The van der Waals surface area contributed by atoms with E-state index in [1.165, 1.54) is 12.5 Å². The van der Waals surface area contributed by atoms with Crippen LogP contribution in [0.25, 0.3) is 0 Å². The number of carboxylic acid groups (broad SMARTS) is 1. The number of esters is 2. The fraction of sp³-hybridized carbons (Fsp3) is 0.758. The molecule has 10 heteroatoms. The van der Waals surface area contributed by atoms with Crippen LogP contribution in [0.4, 0.5) is 0 Å². The summed E-state index contributed by atoms with van der Waals surface area (Å²) in [4.78, 5) is 74.8. The Balaban J connectivity index is 1.42. The molecule has 43 heavy (non-hydrogen) atoms. The maximum atomic E-state index is 13.9. The van der Waals surface area contributed by atoms with Gasteiger partial charge in [-0.2, -0.15) is 0 Å². The molecule has 0 radical (unpaired) electrons. The molecule has 4 aliphatic rings. The summed E-state index contributed by atoms with van der Waals surface area (Å²) in [6.45, 7) is 8.60. The van der Waals surface area contributed by atoms with Crippen molar-refractivity contribution in [1.29, 1.82) is 0 Å². The highest BCUT2D eigenvalue weighted by Crippen LogP contribution is 2.68. The SMILES string of the molecule is CC[C@@H](C)[C@@H](NC(=O)CCC(=O)OCC(=O)[C@@]1(OC(C)=O)CC[C@H]2[C@@H]3CCC4=CC(=O)CC[C@]4(C)[C@H]3CC[C@@]21C)C(=O)O. The second-order valence-electron chi connectivity index (χ2n) is 13.7. The number of nitrogens with one attached hydrogen (secondary N) is 1. The molecule has 0 aliphatic heterocycles. The van der Waals surface area contributed by atoms with Crippen LogP contribution in [-0.2, 0) is 38.2 Å². The Hall–Kier alpha value is -3.04. The van der Waals surface area contributed by atoms with Crippen LogP contribution in [0.1, 0.15) is 105 Å². The summed E-state index contributed by atoms with van der Waals surface area (Å²) in [6.07, 6.45) is 7.67. The molecule has 4 rings (SSSR count). The van der Waals surface area contributed by atoms with E-state index in [9.17, 15) is 33.9 Å². The Morgan fingerprint density at radius 2 is 1.72 bits per heavy atom. The third-order valence-electron chi connectivity index (χ3n) is 11.6. The maximum Gasteiger partial charge on any atom is 0.326 e. The van der Waals surface area contributed by atoms with Gasteiger partial charge in [-0.25, -0.2) is 4.79 Å². The highest BCUT2D eigenvalue weighted by molar-refractivity contribution is 5.94. The minimum atomic E-state index is -1.41.